The fourth-order valence-corrected chi connectivity index (χ4v) is 5.40. The van der Waals surface area contributed by atoms with Crippen LogP contribution in [0.3, 0.4) is 0 Å². The Kier molecular flexibility index (Phi) is 5.84. The molecule has 2 aliphatic heterocycles. The first-order chi connectivity index (χ1) is 9.53. The van der Waals surface area contributed by atoms with Crippen molar-refractivity contribution in [1.29, 1.82) is 0 Å². The van der Waals surface area contributed by atoms with Gasteiger partial charge in [0, 0.05) is 25.2 Å². The molecule has 0 amide bonds. The van der Waals surface area contributed by atoms with Crippen molar-refractivity contribution in [2.75, 3.05) is 39.0 Å². The second-order valence-corrected chi connectivity index (χ2v) is 8.18. The molecule has 2 unspecified atom stereocenters. The fraction of sp³-hybridized carbons (Fsp3) is 1.00. The van der Waals surface area contributed by atoms with Gasteiger partial charge in [-0.05, 0) is 45.8 Å². The van der Waals surface area contributed by atoms with Crippen LogP contribution in [0, 0.1) is 0 Å². The summed E-state index contributed by atoms with van der Waals surface area (Å²) >= 11 is 0. The Labute approximate surface area is 123 Å². The monoisotopic (exact) mass is 303 g/mol. The first-order valence-electron chi connectivity index (χ1n) is 7.94. The highest BCUT2D eigenvalue weighted by atomic mass is 32.2. The second-order valence-electron chi connectivity index (χ2n) is 6.21. The van der Waals surface area contributed by atoms with Crippen LogP contribution in [-0.2, 0) is 10.0 Å². The van der Waals surface area contributed by atoms with Crippen molar-refractivity contribution in [3.63, 3.8) is 0 Å². The highest BCUT2D eigenvalue weighted by molar-refractivity contribution is 7.89. The van der Waals surface area contributed by atoms with E-state index in [9.17, 15) is 8.42 Å². The van der Waals surface area contributed by atoms with E-state index in [4.69, 9.17) is 0 Å². The molecule has 2 saturated heterocycles. The minimum Gasteiger partial charge on any atom is -0.313 e. The second kappa shape index (κ2) is 7.20. The summed E-state index contributed by atoms with van der Waals surface area (Å²) in [6.07, 6.45) is 5.13. The number of nitrogens with zero attached hydrogens (tertiary/aromatic N) is 2. The van der Waals surface area contributed by atoms with Crippen LogP contribution in [0.5, 0.6) is 0 Å². The van der Waals surface area contributed by atoms with Gasteiger partial charge < -0.3 is 10.2 Å². The van der Waals surface area contributed by atoms with Gasteiger partial charge in [-0.25, -0.2) is 8.42 Å². The molecule has 0 bridgehead atoms. The topological polar surface area (TPSA) is 52.7 Å². The number of hydrogen-bond donors (Lipinski definition) is 1. The molecule has 118 valence electrons. The van der Waals surface area contributed by atoms with Crippen molar-refractivity contribution in [1.82, 2.24) is 14.5 Å². The van der Waals surface area contributed by atoms with Crippen molar-refractivity contribution in [2.24, 2.45) is 0 Å². The van der Waals surface area contributed by atoms with Gasteiger partial charge in [-0.1, -0.05) is 13.3 Å². The lowest BCUT2D eigenvalue weighted by Gasteiger charge is -2.32. The lowest BCUT2D eigenvalue weighted by Crippen LogP contribution is -2.48. The van der Waals surface area contributed by atoms with Crippen molar-refractivity contribution < 1.29 is 8.42 Å². The summed E-state index contributed by atoms with van der Waals surface area (Å²) in [5.74, 6) is 0.271. The van der Waals surface area contributed by atoms with E-state index in [1.165, 1.54) is 6.42 Å². The first-order valence-corrected chi connectivity index (χ1v) is 9.55. The van der Waals surface area contributed by atoms with Crippen LogP contribution in [0.15, 0.2) is 0 Å². The third-order valence-corrected chi connectivity index (χ3v) is 6.52. The molecule has 0 aliphatic carbocycles. The quantitative estimate of drug-likeness (QED) is 0.837. The van der Waals surface area contributed by atoms with Gasteiger partial charge in [-0.3, -0.25) is 0 Å². The summed E-state index contributed by atoms with van der Waals surface area (Å²) in [5, 5.41) is 3.36. The number of nitrogens with one attached hydrogen (secondary N) is 1. The largest absolute Gasteiger partial charge is 0.313 e. The van der Waals surface area contributed by atoms with Gasteiger partial charge in [0.05, 0.1) is 5.75 Å². The highest BCUT2D eigenvalue weighted by Gasteiger charge is 2.33. The maximum Gasteiger partial charge on any atom is 0.215 e. The van der Waals surface area contributed by atoms with Crippen LogP contribution in [0.4, 0.5) is 0 Å². The summed E-state index contributed by atoms with van der Waals surface area (Å²) in [5.41, 5.74) is 0. The Balaban J connectivity index is 2.05. The maximum atomic E-state index is 12.7. The Bertz CT molecular complexity index is 393. The molecular weight excluding hydrogens is 274 g/mol. The van der Waals surface area contributed by atoms with Gasteiger partial charge in [0.2, 0.25) is 10.0 Å². The Morgan fingerprint density at radius 2 is 2.00 bits per heavy atom. The standard InChI is InChI=1S/C14H29N3O2S/c1-3-14-11-16(2)9-6-10-17(14)20(18,19)12-13-7-4-5-8-15-13/h13-15H,3-12H2,1-2H3. The van der Waals surface area contributed by atoms with Gasteiger partial charge >= 0.3 is 0 Å². The normalized spacial score (nSPS) is 31.1. The molecule has 0 aromatic carbocycles. The van der Waals surface area contributed by atoms with E-state index >= 15 is 0 Å². The molecule has 20 heavy (non-hydrogen) atoms. The van der Waals surface area contributed by atoms with Crippen molar-refractivity contribution in [2.45, 2.75) is 51.1 Å². The molecule has 2 atom stereocenters. The fourth-order valence-electron chi connectivity index (χ4n) is 3.34. The zero-order valence-corrected chi connectivity index (χ0v) is 13.7. The van der Waals surface area contributed by atoms with Crippen molar-refractivity contribution in [3.05, 3.63) is 0 Å². The van der Waals surface area contributed by atoms with Crippen LogP contribution in [-0.4, -0.2) is 68.7 Å². The lowest BCUT2D eigenvalue weighted by molar-refractivity contribution is 0.269. The Morgan fingerprint density at radius 3 is 2.65 bits per heavy atom. The zero-order valence-electron chi connectivity index (χ0n) is 12.8. The van der Waals surface area contributed by atoms with E-state index in [2.05, 4.69) is 24.2 Å². The van der Waals surface area contributed by atoms with Crippen LogP contribution in [0.25, 0.3) is 0 Å². The number of rotatable bonds is 4. The number of piperidine rings is 1. The zero-order chi connectivity index (χ0) is 14.6. The van der Waals surface area contributed by atoms with E-state index in [1.807, 2.05) is 0 Å². The Hall–Kier alpha value is -0.170. The first kappa shape index (κ1) is 16.2. The van der Waals surface area contributed by atoms with Crippen molar-refractivity contribution >= 4 is 10.0 Å². The SMILES string of the molecule is CCC1CN(C)CCCN1S(=O)(=O)CC1CCCCN1. The van der Waals surface area contributed by atoms with E-state index in [0.717, 1.165) is 45.3 Å². The van der Waals surface area contributed by atoms with Gasteiger partial charge in [-0.15, -0.1) is 0 Å². The van der Waals surface area contributed by atoms with E-state index < -0.39 is 10.0 Å². The molecule has 1 N–H and O–H groups in total. The van der Waals surface area contributed by atoms with E-state index in [1.54, 1.807) is 4.31 Å². The third-order valence-electron chi connectivity index (χ3n) is 4.50. The third kappa shape index (κ3) is 4.16. The average Bonchev–Trinajstić information content (AvgIpc) is 2.61. The maximum absolute atomic E-state index is 12.7. The predicted molar refractivity (Wildman–Crippen MR) is 82.3 cm³/mol. The molecule has 0 saturated carbocycles. The molecule has 0 spiro atoms. The van der Waals surface area contributed by atoms with Crippen molar-refractivity contribution in [3.8, 4) is 0 Å². The smallest absolute Gasteiger partial charge is 0.215 e. The molecule has 2 heterocycles. The Morgan fingerprint density at radius 1 is 1.20 bits per heavy atom. The molecule has 2 fully saturated rings. The van der Waals surface area contributed by atoms with Crippen LogP contribution in [0.2, 0.25) is 0 Å². The summed E-state index contributed by atoms with van der Waals surface area (Å²) in [7, 11) is -1.06. The summed E-state index contributed by atoms with van der Waals surface area (Å²) in [6, 6.07) is 0.281. The summed E-state index contributed by atoms with van der Waals surface area (Å²) < 4.78 is 27.3. The minimum absolute atomic E-state index is 0.135. The molecular formula is C14H29N3O2S. The summed E-state index contributed by atoms with van der Waals surface area (Å²) in [4.78, 5) is 2.25. The molecule has 0 aromatic rings. The number of hydrogen-bond acceptors (Lipinski definition) is 4. The minimum atomic E-state index is -3.15. The molecule has 0 radical (unpaired) electrons. The molecule has 2 rings (SSSR count). The van der Waals surface area contributed by atoms with Crippen LogP contribution >= 0.6 is 0 Å². The molecule has 5 nitrogen and oxygen atoms in total. The predicted octanol–water partition coefficient (Wildman–Crippen LogP) is 0.874. The lowest BCUT2D eigenvalue weighted by atomic mass is 10.1. The molecule has 6 heteroatoms. The average molecular weight is 303 g/mol. The van der Waals surface area contributed by atoms with E-state index in [-0.39, 0.29) is 17.8 Å². The highest BCUT2D eigenvalue weighted by Crippen LogP contribution is 2.19. The van der Waals surface area contributed by atoms with E-state index in [0.29, 0.717) is 6.54 Å². The van der Waals surface area contributed by atoms with Gasteiger partial charge in [0.15, 0.2) is 0 Å². The van der Waals surface area contributed by atoms with Crippen LogP contribution in [0.1, 0.15) is 39.0 Å². The number of sulfonamides is 1. The van der Waals surface area contributed by atoms with Gasteiger partial charge in [0.25, 0.3) is 0 Å². The summed E-state index contributed by atoms with van der Waals surface area (Å²) in [6.45, 7) is 5.57. The van der Waals surface area contributed by atoms with Gasteiger partial charge in [0.1, 0.15) is 0 Å². The number of likely N-dealkylation sites (N-methyl/N-ethyl adjacent to an activating group) is 1. The molecule has 2 aliphatic rings. The molecule has 0 aromatic heterocycles. The van der Waals surface area contributed by atoms with Crippen LogP contribution < -0.4 is 5.32 Å². The van der Waals surface area contributed by atoms with Gasteiger partial charge in [-0.2, -0.15) is 4.31 Å².